The zero-order chi connectivity index (χ0) is 14.7. The Morgan fingerprint density at radius 3 is 2.86 bits per heavy atom. The highest BCUT2D eigenvalue weighted by atomic mass is 79.9. The van der Waals surface area contributed by atoms with Crippen LogP contribution in [0.25, 0.3) is 0 Å². The largest absolute Gasteiger partial charge is 0.381 e. The molecule has 2 aliphatic heterocycles. The molecule has 0 amide bonds. The highest BCUT2D eigenvalue weighted by Crippen LogP contribution is 2.41. The molecule has 21 heavy (non-hydrogen) atoms. The molecule has 5 heteroatoms. The van der Waals surface area contributed by atoms with Crippen LogP contribution in [0.1, 0.15) is 37.3 Å². The van der Waals surface area contributed by atoms with Gasteiger partial charge in [0.05, 0.1) is 5.60 Å². The average molecular weight is 355 g/mol. The van der Waals surface area contributed by atoms with Gasteiger partial charge in [0.15, 0.2) is 0 Å². The molecule has 2 atom stereocenters. The minimum absolute atomic E-state index is 0.0374. The molecule has 2 unspecified atom stereocenters. The van der Waals surface area contributed by atoms with E-state index < -0.39 is 0 Å². The van der Waals surface area contributed by atoms with E-state index in [0.29, 0.717) is 12.0 Å². The summed E-state index contributed by atoms with van der Waals surface area (Å²) in [6.45, 7) is 2.51. The van der Waals surface area contributed by atoms with Crippen LogP contribution in [0.3, 0.4) is 0 Å². The number of aromatic nitrogens is 1. The predicted octanol–water partition coefficient (Wildman–Crippen LogP) is 3.08. The minimum Gasteiger partial charge on any atom is -0.381 e. The number of ether oxygens (including phenoxy) is 2. The number of hydrogen-bond donors (Lipinski definition) is 1. The first-order valence-corrected chi connectivity index (χ1v) is 8.51. The second kappa shape index (κ2) is 6.73. The molecular formula is C16H23BrN2O2. The summed E-state index contributed by atoms with van der Waals surface area (Å²) in [5.41, 5.74) is 1.29. The lowest BCUT2D eigenvalue weighted by molar-refractivity contribution is -0.150. The van der Waals surface area contributed by atoms with Crippen molar-refractivity contribution in [1.82, 2.24) is 10.3 Å². The fourth-order valence-corrected chi connectivity index (χ4v) is 4.10. The van der Waals surface area contributed by atoms with Crippen LogP contribution in [0.15, 0.2) is 22.9 Å². The van der Waals surface area contributed by atoms with Gasteiger partial charge in [-0.25, -0.2) is 0 Å². The summed E-state index contributed by atoms with van der Waals surface area (Å²) in [4.78, 5) is 4.31. The molecule has 116 valence electrons. The first kappa shape index (κ1) is 15.4. The first-order chi connectivity index (χ1) is 10.2. The molecule has 3 rings (SSSR count). The maximum atomic E-state index is 6.16. The van der Waals surface area contributed by atoms with E-state index >= 15 is 0 Å². The fraction of sp³-hybridized carbons (Fsp3) is 0.688. The summed E-state index contributed by atoms with van der Waals surface area (Å²) >= 11 is 3.52. The van der Waals surface area contributed by atoms with E-state index in [0.717, 1.165) is 50.0 Å². The minimum atomic E-state index is 0.0374. The second-order valence-electron chi connectivity index (χ2n) is 6.10. The van der Waals surface area contributed by atoms with E-state index in [2.05, 4.69) is 32.3 Å². The monoisotopic (exact) mass is 354 g/mol. The van der Waals surface area contributed by atoms with Gasteiger partial charge in [-0.2, -0.15) is 0 Å². The van der Waals surface area contributed by atoms with E-state index in [1.54, 1.807) is 0 Å². The fourth-order valence-electron chi connectivity index (χ4n) is 3.71. The molecule has 1 N–H and O–H groups in total. The smallest absolute Gasteiger partial charge is 0.0729 e. The van der Waals surface area contributed by atoms with Crippen molar-refractivity contribution in [3.05, 3.63) is 28.5 Å². The van der Waals surface area contributed by atoms with Gasteiger partial charge < -0.3 is 14.8 Å². The third-order valence-electron chi connectivity index (χ3n) is 4.80. The van der Waals surface area contributed by atoms with Crippen LogP contribution < -0.4 is 5.32 Å². The lowest BCUT2D eigenvalue weighted by atomic mass is 9.76. The molecule has 2 aliphatic rings. The maximum Gasteiger partial charge on any atom is 0.0729 e. The Kier molecular flexibility index (Phi) is 4.94. The zero-order valence-corrected chi connectivity index (χ0v) is 14.1. The van der Waals surface area contributed by atoms with E-state index in [1.807, 2.05) is 19.4 Å². The molecule has 1 aromatic heterocycles. The second-order valence-corrected chi connectivity index (χ2v) is 7.02. The van der Waals surface area contributed by atoms with E-state index in [9.17, 15) is 0 Å². The van der Waals surface area contributed by atoms with E-state index in [4.69, 9.17) is 9.47 Å². The summed E-state index contributed by atoms with van der Waals surface area (Å²) in [5, 5.41) is 3.49. The average Bonchev–Trinajstić information content (AvgIpc) is 2.49. The molecular weight excluding hydrogens is 332 g/mol. The Morgan fingerprint density at radius 1 is 1.33 bits per heavy atom. The summed E-state index contributed by atoms with van der Waals surface area (Å²) in [5.74, 6) is 0.581. The number of nitrogens with zero attached hydrogens (tertiary/aromatic N) is 1. The summed E-state index contributed by atoms with van der Waals surface area (Å²) in [7, 11) is 2.04. The van der Waals surface area contributed by atoms with Crippen LogP contribution in [0, 0.1) is 5.92 Å². The Labute approximate surface area is 134 Å². The molecule has 0 saturated carbocycles. The molecule has 3 heterocycles. The van der Waals surface area contributed by atoms with Crippen molar-refractivity contribution < 1.29 is 9.47 Å². The van der Waals surface area contributed by atoms with Gasteiger partial charge in [-0.1, -0.05) is 0 Å². The van der Waals surface area contributed by atoms with Gasteiger partial charge in [-0.05, 0) is 66.2 Å². The quantitative estimate of drug-likeness (QED) is 0.905. The van der Waals surface area contributed by atoms with Crippen LogP contribution in [-0.4, -0.2) is 37.5 Å². The van der Waals surface area contributed by atoms with E-state index in [-0.39, 0.29) is 5.60 Å². The van der Waals surface area contributed by atoms with Crippen LogP contribution in [0.2, 0.25) is 0 Å². The number of hydrogen-bond acceptors (Lipinski definition) is 4. The SMILES string of the molecule is CNC(c1cncc(Br)c1)C1CCOC2(CCOCC2)C1. The van der Waals surface area contributed by atoms with Crippen LogP contribution in [0.4, 0.5) is 0 Å². The Bertz CT molecular complexity index is 472. The van der Waals surface area contributed by atoms with Gasteiger partial charge in [-0.3, -0.25) is 4.98 Å². The lowest BCUT2D eigenvalue weighted by Crippen LogP contribution is -2.46. The van der Waals surface area contributed by atoms with Crippen molar-refractivity contribution in [3.63, 3.8) is 0 Å². The number of rotatable bonds is 3. The summed E-state index contributed by atoms with van der Waals surface area (Å²) in [6.07, 6.45) is 8.06. The third kappa shape index (κ3) is 3.47. The maximum absolute atomic E-state index is 6.16. The van der Waals surface area contributed by atoms with Crippen LogP contribution >= 0.6 is 15.9 Å². The highest BCUT2D eigenvalue weighted by Gasteiger charge is 2.41. The van der Waals surface area contributed by atoms with Crippen LogP contribution in [-0.2, 0) is 9.47 Å². The Morgan fingerprint density at radius 2 is 2.14 bits per heavy atom. The van der Waals surface area contributed by atoms with Crippen molar-refractivity contribution in [2.75, 3.05) is 26.9 Å². The van der Waals surface area contributed by atoms with Crippen molar-refractivity contribution in [2.45, 2.75) is 37.3 Å². The third-order valence-corrected chi connectivity index (χ3v) is 5.24. The van der Waals surface area contributed by atoms with Crippen molar-refractivity contribution in [3.8, 4) is 0 Å². The van der Waals surface area contributed by atoms with Gasteiger partial charge in [0.1, 0.15) is 0 Å². The predicted molar refractivity (Wildman–Crippen MR) is 85.2 cm³/mol. The molecule has 4 nitrogen and oxygen atoms in total. The summed E-state index contributed by atoms with van der Waals surface area (Å²) in [6, 6.07) is 2.50. The molecule has 1 aromatic rings. The van der Waals surface area contributed by atoms with Crippen molar-refractivity contribution in [2.24, 2.45) is 5.92 Å². The van der Waals surface area contributed by atoms with Gasteiger partial charge in [-0.15, -0.1) is 0 Å². The molecule has 2 fully saturated rings. The molecule has 0 aromatic carbocycles. The number of halogens is 1. The zero-order valence-electron chi connectivity index (χ0n) is 12.5. The van der Waals surface area contributed by atoms with Crippen LogP contribution in [0.5, 0.6) is 0 Å². The standard InChI is InChI=1S/C16H23BrN2O2/c1-18-15(13-8-14(17)11-19-10-13)12-2-5-21-16(9-12)3-6-20-7-4-16/h8,10-12,15,18H,2-7,9H2,1H3. The van der Waals surface area contributed by atoms with Crippen molar-refractivity contribution >= 4 is 15.9 Å². The molecule has 0 bridgehead atoms. The van der Waals surface area contributed by atoms with Gasteiger partial charge >= 0.3 is 0 Å². The van der Waals surface area contributed by atoms with Gasteiger partial charge in [0.25, 0.3) is 0 Å². The molecule has 0 aliphatic carbocycles. The highest BCUT2D eigenvalue weighted by molar-refractivity contribution is 9.10. The van der Waals surface area contributed by atoms with Gasteiger partial charge in [0.2, 0.25) is 0 Å². The van der Waals surface area contributed by atoms with Gasteiger partial charge in [0, 0.05) is 42.7 Å². The first-order valence-electron chi connectivity index (χ1n) is 7.72. The lowest BCUT2D eigenvalue weighted by Gasteiger charge is -2.45. The topological polar surface area (TPSA) is 43.4 Å². The molecule has 0 radical (unpaired) electrons. The molecule has 2 saturated heterocycles. The summed E-state index contributed by atoms with van der Waals surface area (Å²) < 4.78 is 12.7. The van der Waals surface area contributed by atoms with Crippen molar-refractivity contribution in [1.29, 1.82) is 0 Å². The normalized spacial score (nSPS) is 26.7. The number of nitrogens with one attached hydrogen (secondary N) is 1. The number of pyridine rings is 1. The Hall–Kier alpha value is -0.490. The molecule has 1 spiro atoms. The Balaban J connectivity index is 1.77. The van der Waals surface area contributed by atoms with E-state index in [1.165, 1.54) is 5.56 Å².